The monoisotopic (exact) mass is 436 g/mol. The third kappa shape index (κ3) is 4.87. The second-order valence-electron chi connectivity index (χ2n) is 7.99. The number of carbonyl (C=O) groups is 2. The number of ketones is 1. The molecule has 1 fully saturated rings. The summed E-state index contributed by atoms with van der Waals surface area (Å²) in [6.07, 6.45) is 0.324. The predicted octanol–water partition coefficient (Wildman–Crippen LogP) is 4.56. The van der Waals surface area contributed by atoms with Crippen LogP contribution in [0.25, 0.3) is 0 Å². The van der Waals surface area contributed by atoms with Crippen molar-refractivity contribution in [1.82, 2.24) is 4.98 Å². The standard InChI is InChI=1S/C22H23F3N2O4/c1-11-18(15-6-5-13(23)9-17(15)30-21(24)25)19(31-22(11,3)4)20(29)27-14-7-8-26-16(10-14)12(2)28/h5-11,18-19,21H,1-4H3,(H,26,27,29)/t11-,18+,19-/m0/s1. The van der Waals surface area contributed by atoms with Gasteiger partial charge < -0.3 is 14.8 Å². The van der Waals surface area contributed by atoms with E-state index in [-0.39, 0.29) is 28.7 Å². The van der Waals surface area contributed by atoms with Crippen LogP contribution in [0.4, 0.5) is 18.9 Å². The lowest BCUT2D eigenvalue weighted by Gasteiger charge is -2.26. The summed E-state index contributed by atoms with van der Waals surface area (Å²) in [6, 6.07) is 6.28. The number of benzene rings is 1. The van der Waals surface area contributed by atoms with E-state index in [1.165, 1.54) is 31.3 Å². The number of rotatable bonds is 6. The second-order valence-corrected chi connectivity index (χ2v) is 7.99. The van der Waals surface area contributed by atoms with Gasteiger partial charge >= 0.3 is 6.61 Å². The zero-order chi connectivity index (χ0) is 22.9. The summed E-state index contributed by atoms with van der Waals surface area (Å²) < 4.78 is 50.1. The Kier molecular flexibility index (Phi) is 6.35. The smallest absolute Gasteiger partial charge is 0.387 e. The van der Waals surface area contributed by atoms with Crippen LogP contribution in [0.3, 0.4) is 0 Å². The molecule has 1 amide bonds. The normalized spacial score (nSPS) is 22.4. The van der Waals surface area contributed by atoms with Crippen LogP contribution in [0.1, 0.15) is 49.7 Å². The quantitative estimate of drug-likeness (QED) is 0.672. The molecule has 0 aliphatic carbocycles. The molecule has 9 heteroatoms. The number of alkyl halides is 2. The van der Waals surface area contributed by atoms with Crippen molar-refractivity contribution < 1.29 is 32.2 Å². The van der Waals surface area contributed by atoms with Gasteiger partial charge in [-0.1, -0.05) is 13.0 Å². The van der Waals surface area contributed by atoms with E-state index in [0.29, 0.717) is 5.69 Å². The van der Waals surface area contributed by atoms with Crippen molar-refractivity contribution in [2.45, 2.75) is 51.9 Å². The third-order valence-corrected chi connectivity index (χ3v) is 5.59. The maximum Gasteiger partial charge on any atom is 0.387 e. The first-order chi connectivity index (χ1) is 14.5. The largest absolute Gasteiger partial charge is 0.434 e. The minimum absolute atomic E-state index is 0.182. The molecule has 1 aliphatic rings. The lowest BCUT2D eigenvalue weighted by atomic mass is 9.78. The Balaban J connectivity index is 1.96. The number of hydrogen-bond acceptors (Lipinski definition) is 5. The Morgan fingerprint density at radius 3 is 2.58 bits per heavy atom. The molecule has 0 bridgehead atoms. The molecule has 0 saturated carbocycles. The number of hydrogen-bond donors (Lipinski definition) is 1. The van der Waals surface area contributed by atoms with Crippen molar-refractivity contribution >= 4 is 17.4 Å². The van der Waals surface area contributed by atoms with Gasteiger partial charge in [-0.3, -0.25) is 14.6 Å². The van der Waals surface area contributed by atoms with Crippen LogP contribution in [-0.2, 0) is 9.53 Å². The van der Waals surface area contributed by atoms with E-state index in [1.807, 2.05) is 6.92 Å². The number of carbonyl (C=O) groups excluding carboxylic acids is 2. The summed E-state index contributed by atoms with van der Waals surface area (Å²) in [5.74, 6) is -2.85. The van der Waals surface area contributed by atoms with Gasteiger partial charge in [-0.2, -0.15) is 8.78 Å². The number of ether oxygens (including phenoxy) is 2. The van der Waals surface area contributed by atoms with Crippen LogP contribution in [0.2, 0.25) is 0 Å². The Hall–Kier alpha value is -2.94. The summed E-state index contributed by atoms with van der Waals surface area (Å²) in [6.45, 7) is 3.60. The number of aromatic nitrogens is 1. The fourth-order valence-electron chi connectivity index (χ4n) is 3.75. The van der Waals surface area contributed by atoms with E-state index in [9.17, 15) is 22.8 Å². The first-order valence-corrected chi connectivity index (χ1v) is 9.69. The van der Waals surface area contributed by atoms with Crippen LogP contribution in [0.15, 0.2) is 36.5 Å². The van der Waals surface area contributed by atoms with Gasteiger partial charge in [0.2, 0.25) is 0 Å². The second kappa shape index (κ2) is 8.66. The van der Waals surface area contributed by atoms with Crippen LogP contribution >= 0.6 is 0 Å². The fourth-order valence-corrected chi connectivity index (χ4v) is 3.75. The number of Topliss-reactive ketones (excluding diaryl/α,β-unsaturated/α-hetero) is 1. The van der Waals surface area contributed by atoms with Gasteiger partial charge in [0.1, 0.15) is 23.4 Å². The molecule has 1 saturated heterocycles. The molecule has 1 N–H and O–H groups in total. The van der Waals surface area contributed by atoms with Crippen molar-refractivity contribution in [3.63, 3.8) is 0 Å². The van der Waals surface area contributed by atoms with Gasteiger partial charge in [0, 0.05) is 36.4 Å². The Labute approximate surface area is 177 Å². The lowest BCUT2D eigenvalue weighted by molar-refractivity contribution is -0.131. The topological polar surface area (TPSA) is 77.5 Å². The van der Waals surface area contributed by atoms with Crippen molar-refractivity contribution in [3.05, 3.63) is 53.6 Å². The summed E-state index contributed by atoms with van der Waals surface area (Å²) in [4.78, 5) is 28.6. The molecular formula is C22H23F3N2O4. The van der Waals surface area contributed by atoms with Crippen molar-refractivity contribution in [1.29, 1.82) is 0 Å². The number of anilines is 1. The molecule has 3 rings (SSSR count). The van der Waals surface area contributed by atoms with Gasteiger partial charge in [-0.05, 0) is 38.0 Å². The van der Waals surface area contributed by atoms with Gasteiger partial charge in [0.05, 0.1) is 5.60 Å². The first-order valence-electron chi connectivity index (χ1n) is 9.69. The number of pyridine rings is 1. The van der Waals surface area contributed by atoms with E-state index in [4.69, 9.17) is 4.74 Å². The highest BCUT2D eigenvalue weighted by Crippen LogP contribution is 2.48. The predicted molar refractivity (Wildman–Crippen MR) is 107 cm³/mol. The van der Waals surface area contributed by atoms with Crippen molar-refractivity contribution in [2.75, 3.05) is 5.32 Å². The number of nitrogens with one attached hydrogen (secondary N) is 1. The molecule has 3 atom stereocenters. The molecule has 6 nitrogen and oxygen atoms in total. The Bertz CT molecular complexity index is 996. The summed E-state index contributed by atoms with van der Waals surface area (Å²) in [5.41, 5.74) is 0.0000585. The van der Waals surface area contributed by atoms with E-state index in [1.54, 1.807) is 13.8 Å². The molecule has 2 heterocycles. The number of halogens is 3. The van der Waals surface area contributed by atoms with Crippen LogP contribution < -0.4 is 10.1 Å². The van der Waals surface area contributed by atoms with Gasteiger partial charge in [-0.15, -0.1) is 0 Å². The summed E-state index contributed by atoms with van der Waals surface area (Å²) >= 11 is 0. The Morgan fingerprint density at radius 1 is 1.23 bits per heavy atom. The van der Waals surface area contributed by atoms with Gasteiger partial charge in [0.25, 0.3) is 5.91 Å². The van der Waals surface area contributed by atoms with E-state index in [0.717, 1.165) is 12.1 Å². The minimum Gasteiger partial charge on any atom is -0.434 e. The molecule has 1 aromatic carbocycles. The van der Waals surface area contributed by atoms with Crippen LogP contribution in [-0.4, -0.2) is 35.0 Å². The number of amides is 1. The van der Waals surface area contributed by atoms with E-state index >= 15 is 0 Å². The fraction of sp³-hybridized carbons (Fsp3) is 0.409. The summed E-state index contributed by atoms with van der Waals surface area (Å²) in [5, 5.41) is 2.69. The molecule has 1 aromatic heterocycles. The van der Waals surface area contributed by atoms with Crippen LogP contribution in [0.5, 0.6) is 5.75 Å². The average molecular weight is 436 g/mol. The average Bonchev–Trinajstić information content (AvgIpc) is 2.91. The molecule has 166 valence electrons. The molecule has 0 unspecified atom stereocenters. The highest BCUT2D eigenvalue weighted by molar-refractivity contribution is 5.97. The van der Waals surface area contributed by atoms with Gasteiger partial charge in [0.15, 0.2) is 5.78 Å². The zero-order valence-corrected chi connectivity index (χ0v) is 17.5. The van der Waals surface area contributed by atoms with E-state index in [2.05, 4.69) is 15.0 Å². The first kappa shape index (κ1) is 22.7. The maximum absolute atomic E-state index is 13.7. The molecule has 2 aromatic rings. The molecule has 0 radical (unpaired) electrons. The molecule has 0 spiro atoms. The van der Waals surface area contributed by atoms with Crippen molar-refractivity contribution in [3.8, 4) is 5.75 Å². The zero-order valence-electron chi connectivity index (χ0n) is 17.5. The maximum atomic E-state index is 13.7. The Morgan fingerprint density at radius 2 is 1.94 bits per heavy atom. The molecule has 1 aliphatic heterocycles. The van der Waals surface area contributed by atoms with Crippen molar-refractivity contribution in [2.24, 2.45) is 5.92 Å². The highest BCUT2D eigenvalue weighted by atomic mass is 19.3. The highest BCUT2D eigenvalue weighted by Gasteiger charge is 2.51. The molecule has 31 heavy (non-hydrogen) atoms. The lowest BCUT2D eigenvalue weighted by Crippen LogP contribution is -2.33. The SMILES string of the molecule is CC(=O)c1cc(NC(=O)[C@H]2OC(C)(C)[C@@H](C)[C@@H]2c2ccc(F)cc2OC(F)F)ccn1. The van der Waals surface area contributed by atoms with E-state index < -0.39 is 36.0 Å². The van der Waals surface area contributed by atoms with Crippen LogP contribution in [0, 0.1) is 11.7 Å². The minimum atomic E-state index is -3.15. The third-order valence-electron chi connectivity index (χ3n) is 5.59. The molecular weight excluding hydrogens is 413 g/mol. The van der Waals surface area contributed by atoms with Gasteiger partial charge in [-0.25, -0.2) is 4.39 Å². The summed E-state index contributed by atoms with van der Waals surface area (Å²) in [7, 11) is 0. The number of nitrogens with zero attached hydrogens (tertiary/aromatic N) is 1.